The summed E-state index contributed by atoms with van der Waals surface area (Å²) < 4.78 is 5.93. The van der Waals surface area contributed by atoms with E-state index in [1.807, 2.05) is 19.1 Å². The van der Waals surface area contributed by atoms with Gasteiger partial charge >= 0.3 is 5.97 Å². The highest BCUT2D eigenvalue weighted by Crippen LogP contribution is 2.41. The summed E-state index contributed by atoms with van der Waals surface area (Å²) in [5.74, 6) is -2.65. The second kappa shape index (κ2) is 12.2. The molecule has 3 aromatic carbocycles. The maximum absolute atomic E-state index is 13.5. The van der Waals surface area contributed by atoms with Gasteiger partial charge in [0.1, 0.15) is 0 Å². The summed E-state index contributed by atoms with van der Waals surface area (Å²) in [6, 6.07) is 15.1. The molecule has 3 unspecified atom stereocenters. The first kappa shape index (κ1) is 31.3. The molecule has 0 radical (unpaired) electrons. The van der Waals surface area contributed by atoms with E-state index in [9.17, 15) is 29.3 Å². The number of aryl methyl sites for hydroxylation is 1. The lowest BCUT2D eigenvalue weighted by molar-refractivity contribution is -0.384. The van der Waals surface area contributed by atoms with Crippen LogP contribution < -0.4 is 4.90 Å². The number of ether oxygens (including phenoxy) is 1. The predicted molar refractivity (Wildman–Crippen MR) is 175 cm³/mol. The van der Waals surface area contributed by atoms with Gasteiger partial charge in [-0.25, -0.2) is 9.78 Å². The van der Waals surface area contributed by atoms with Crippen LogP contribution in [0.15, 0.2) is 77.3 Å². The van der Waals surface area contributed by atoms with Gasteiger partial charge in [-0.1, -0.05) is 54.9 Å². The number of halogens is 2. The van der Waals surface area contributed by atoms with Crippen molar-refractivity contribution in [3.05, 3.63) is 109 Å². The monoisotopic (exact) mass is 701 g/mol. The minimum atomic E-state index is -0.809. The number of esters is 1. The Hall–Kier alpha value is -4.74. The number of non-ortho nitro benzene ring substituents is 1. The van der Waals surface area contributed by atoms with Crippen molar-refractivity contribution in [1.29, 1.82) is 0 Å². The van der Waals surface area contributed by atoms with Crippen LogP contribution in [-0.4, -0.2) is 40.1 Å². The zero-order valence-corrected chi connectivity index (χ0v) is 26.9. The quantitative estimate of drug-likeness (QED) is 0.0490. The van der Waals surface area contributed by atoms with Crippen LogP contribution in [0.4, 0.5) is 11.4 Å². The van der Waals surface area contributed by atoms with Gasteiger partial charge in [-0.05, 0) is 65.0 Å². The van der Waals surface area contributed by atoms with E-state index < -0.39 is 23.3 Å². The molecular weight excluding hydrogens is 678 g/mol. The topological polar surface area (TPSA) is 137 Å². The molecule has 2 amide bonds. The second-order valence-electron chi connectivity index (χ2n) is 11.3. The molecule has 10 nitrogen and oxygen atoms in total. The fourth-order valence-corrected chi connectivity index (χ4v) is 6.72. The van der Waals surface area contributed by atoms with E-state index in [0.717, 1.165) is 6.07 Å². The smallest absolute Gasteiger partial charge is 0.339 e. The van der Waals surface area contributed by atoms with Crippen molar-refractivity contribution in [2.75, 3.05) is 11.5 Å². The van der Waals surface area contributed by atoms with Crippen molar-refractivity contribution in [1.82, 2.24) is 4.98 Å². The maximum Gasteiger partial charge on any atom is 0.339 e. The minimum Gasteiger partial charge on any atom is -0.454 e. The number of rotatable bonds is 7. The zero-order valence-electron chi connectivity index (χ0n) is 24.5. The minimum absolute atomic E-state index is 0.0314. The van der Waals surface area contributed by atoms with E-state index in [4.69, 9.17) is 21.3 Å². The number of aromatic nitrogens is 1. The fourth-order valence-electron chi connectivity index (χ4n) is 6.05. The Morgan fingerprint density at radius 3 is 2.54 bits per heavy atom. The first-order valence-corrected chi connectivity index (χ1v) is 15.5. The molecule has 1 saturated heterocycles. The van der Waals surface area contributed by atoms with Gasteiger partial charge in [-0.3, -0.25) is 29.4 Å². The molecule has 4 aromatic rings. The first-order valence-electron chi connectivity index (χ1n) is 14.3. The molecule has 0 saturated carbocycles. The van der Waals surface area contributed by atoms with Gasteiger partial charge in [0.15, 0.2) is 6.61 Å². The molecule has 232 valence electrons. The number of nitro benzene ring substituents is 1. The molecule has 12 heteroatoms. The van der Waals surface area contributed by atoms with Gasteiger partial charge in [0.2, 0.25) is 17.6 Å². The Bertz CT molecular complexity index is 2010. The van der Waals surface area contributed by atoms with Crippen LogP contribution in [0.5, 0.6) is 0 Å². The summed E-state index contributed by atoms with van der Waals surface area (Å²) in [5.41, 5.74) is 2.36. The lowest BCUT2D eigenvalue weighted by Crippen LogP contribution is -2.31. The molecule has 1 aliphatic heterocycles. The number of amides is 2. The van der Waals surface area contributed by atoms with Gasteiger partial charge in [-0.15, -0.1) is 0 Å². The van der Waals surface area contributed by atoms with Crippen molar-refractivity contribution in [2.24, 2.45) is 17.8 Å². The summed E-state index contributed by atoms with van der Waals surface area (Å²) in [6.45, 7) is 3.06. The number of nitro groups is 1. The van der Waals surface area contributed by atoms with Crippen molar-refractivity contribution in [2.45, 2.75) is 20.3 Å². The van der Waals surface area contributed by atoms with Gasteiger partial charge in [0.05, 0.1) is 44.2 Å². The number of nitrogens with zero attached hydrogens (tertiary/aromatic N) is 3. The summed E-state index contributed by atoms with van der Waals surface area (Å²) >= 11 is 9.92. The molecule has 1 aliphatic carbocycles. The third kappa shape index (κ3) is 5.50. The molecule has 0 N–H and O–H groups in total. The number of hydrogen-bond donors (Lipinski definition) is 0. The first-order chi connectivity index (χ1) is 22.0. The predicted octanol–water partition coefficient (Wildman–Crippen LogP) is 7.28. The van der Waals surface area contributed by atoms with Crippen LogP contribution in [0.25, 0.3) is 22.2 Å². The number of carbonyl (C=O) groups is 4. The van der Waals surface area contributed by atoms with E-state index in [1.165, 1.54) is 29.2 Å². The number of carbonyl (C=O) groups excluding carboxylic acids is 4. The molecule has 6 rings (SSSR count). The summed E-state index contributed by atoms with van der Waals surface area (Å²) in [6.07, 6.45) is 4.46. The van der Waals surface area contributed by atoms with E-state index in [1.54, 1.807) is 37.3 Å². The molecule has 2 aliphatic rings. The van der Waals surface area contributed by atoms with Crippen molar-refractivity contribution in [3.63, 3.8) is 0 Å². The third-order valence-electron chi connectivity index (χ3n) is 8.45. The number of Topliss-reactive ketones (excluding diaryl/α,β-unsaturated/α-hetero) is 1. The van der Waals surface area contributed by atoms with Gasteiger partial charge < -0.3 is 4.74 Å². The van der Waals surface area contributed by atoms with Crippen LogP contribution in [0.1, 0.15) is 39.6 Å². The van der Waals surface area contributed by atoms with Gasteiger partial charge in [0, 0.05) is 33.1 Å². The number of imide groups is 1. The number of benzene rings is 3. The van der Waals surface area contributed by atoms with Crippen LogP contribution in [0.3, 0.4) is 0 Å². The average Bonchev–Trinajstić information content (AvgIpc) is 3.32. The fraction of sp³-hybridized carbons (Fsp3) is 0.206. The summed E-state index contributed by atoms with van der Waals surface area (Å²) in [4.78, 5) is 69.2. The van der Waals surface area contributed by atoms with E-state index in [0.29, 0.717) is 49.3 Å². The molecule has 1 aromatic heterocycles. The Morgan fingerprint density at radius 1 is 1.11 bits per heavy atom. The number of ketones is 1. The Morgan fingerprint density at radius 2 is 1.85 bits per heavy atom. The number of hydrogen-bond acceptors (Lipinski definition) is 8. The van der Waals surface area contributed by atoms with Crippen LogP contribution >= 0.6 is 27.5 Å². The Labute approximate surface area is 276 Å². The number of fused-ring (bicyclic) bond motifs is 2. The molecular formula is C34H25BrClN3O7. The van der Waals surface area contributed by atoms with Crippen LogP contribution in [0.2, 0.25) is 5.02 Å². The van der Waals surface area contributed by atoms with Gasteiger partial charge in [-0.2, -0.15) is 0 Å². The SMILES string of the molecule is Cc1c(Cl)c(Br)cc2c(C(=O)OCC(=O)c3cccc([N+](=O)[O-])c3)cc(-c3ccc(N4C(=O)C5CC=CC(C)C5C4=O)cc3)nc12. The normalized spacial score (nSPS) is 19.0. The van der Waals surface area contributed by atoms with Crippen molar-refractivity contribution < 1.29 is 28.8 Å². The third-order valence-corrected chi connectivity index (χ3v) is 9.79. The average molecular weight is 703 g/mol. The highest BCUT2D eigenvalue weighted by molar-refractivity contribution is 9.10. The zero-order chi connectivity index (χ0) is 32.9. The number of anilines is 1. The van der Waals surface area contributed by atoms with E-state index >= 15 is 0 Å². The number of pyridine rings is 1. The lowest BCUT2D eigenvalue weighted by atomic mass is 9.78. The highest BCUT2D eigenvalue weighted by atomic mass is 79.9. The maximum atomic E-state index is 13.5. The molecule has 46 heavy (non-hydrogen) atoms. The molecule has 1 fully saturated rings. The standard InChI is InChI=1S/C34H25BrClN3O7/c1-17-5-3-8-23-29(17)33(42)38(32(23)41)21-11-9-19(10-12-21)27-15-25(24-14-26(35)30(36)18(2)31(24)37-27)34(43)46-16-28(40)20-6-4-7-22(13-20)39(44)45/h3-7,9-15,17,23,29H,8,16H2,1-2H3. The Kier molecular flexibility index (Phi) is 8.30. The Balaban J connectivity index is 1.32. The van der Waals surface area contributed by atoms with Crippen molar-refractivity contribution in [3.8, 4) is 11.3 Å². The van der Waals surface area contributed by atoms with Crippen LogP contribution in [0, 0.1) is 34.8 Å². The largest absolute Gasteiger partial charge is 0.454 e. The second-order valence-corrected chi connectivity index (χ2v) is 12.5. The van der Waals surface area contributed by atoms with Crippen LogP contribution in [-0.2, 0) is 14.3 Å². The van der Waals surface area contributed by atoms with E-state index in [2.05, 4.69) is 15.9 Å². The molecule has 0 bridgehead atoms. The number of allylic oxidation sites excluding steroid dienone is 2. The highest BCUT2D eigenvalue weighted by Gasteiger charge is 2.50. The molecule has 0 spiro atoms. The lowest BCUT2D eigenvalue weighted by Gasteiger charge is -2.22. The summed E-state index contributed by atoms with van der Waals surface area (Å²) in [7, 11) is 0. The van der Waals surface area contributed by atoms with Gasteiger partial charge in [0.25, 0.3) is 5.69 Å². The van der Waals surface area contributed by atoms with Crippen molar-refractivity contribution >= 4 is 73.4 Å². The summed E-state index contributed by atoms with van der Waals surface area (Å²) in [5, 5.41) is 12.0. The van der Waals surface area contributed by atoms with E-state index in [-0.39, 0.29) is 46.4 Å². The molecule has 2 heterocycles. The molecule has 3 atom stereocenters.